The summed E-state index contributed by atoms with van der Waals surface area (Å²) in [6, 6.07) is 17.7. The van der Waals surface area contributed by atoms with E-state index in [0.717, 1.165) is 60.9 Å². The third-order valence-corrected chi connectivity index (χ3v) is 11.2. The molecule has 2 fully saturated rings. The van der Waals surface area contributed by atoms with Crippen LogP contribution in [0.5, 0.6) is 5.75 Å². The van der Waals surface area contributed by atoms with Crippen LogP contribution in [0.4, 0.5) is 5.69 Å². The Balaban J connectivity index is 1.21. The van der Waals surface area contributed by atoms with Gasteiger partial charge in [0.05, 0.1) is 17.8 Å². The molecule has 0 saturated heterocycles. The number of aromatic nitrogens is 1. The minimum atomic E-state index is -1.06. The standard InChI is InChI=1S/C41H44ClN3O5/c1-3-50-30-14-16-32-34(25-30)44(2)20-21-45-35-24-29(12-15-31(35)38(39(32)45)28-8-5-4-6-9-28)40(49)43-41(18-7-19-41)36(46)23-26-10-11-27(33(42)22-26)13-17-37(47)48/h10-17,22,24-25,28H,3-9,18-21,23H2,1-2H3,(H,43,49)(H,47,48)/b17-13+. The monoisotopic (exact) mass is 693 g/mol. The van der Waals surface area contributed by atoms with Crippen LogP contribution in [0.25, 0.3) is 28.2 Å². The summed E-state index contributed by atoms with van der Waals surface area (Å²) in [5, 5.41) is 13.7. The Morgan fingerprint density at radius 1 is 1.00 bits per heavy atom. The van der Waals surface area contributed by atoms with E-state index in [2.05, 4.69) is 46.1 Å². The number of rotatable bonds is 10. The Morgan fingerprint density at radius 3 is 2.50 bits per heavy atom. The maximum Gasteiger partial charge on any atom is 0.328 e. The van der Waals surface area contributed by atoms with Crippen LogP contribution >= 0.6 is 11.6 Å². The van der Waals surface area contributed by atoms with E-state index >= 15 is 0 Å². The highest BCUT2D eigenvalue weighted by Gasteiger charge is 2.45. The van der Waals surface area contributed by atoms with Crippen molar-refractivity contribution in [3.05, 3.63) is 87.9 Å². The number of fused-ring (bicyclic) bond motifs is 5. The van der Waals surface area contributed by atoms with Crippen LogP contribution in [0.15, 0.2) is 60.7 Å². The van der Waals surface area contributed by atoms with Gasteiger partial charge in [0.15, 0.2) is 5.78 Å². The summed E-state index contributed by atoms with van der Waals surface area (Å²) >= 11 is 6.40. The van der Waals surface area contributed by atoms with Gasteiger partial charge in [-0.2, -0.15) is 0 Å². The quantitative estimate of drug-likeness (QED) is 0.162. The number of carbonyl (C=O) groups excluding carboxylic acids is 2. The summed E-state index contributed by atoms with van der Waals surface area (Å²) in [7, 11) is 2.14. The van der Waals surface area contributed by atoms with Gasteiger partial charge in [-0.25, -0.2) is 4.79 Å². The maximum atomic E-state index is 14.0. The van der Waals surface area contributed by atoms with Gasteiger partial charge in [0, 0.05) is 71.4 Å². The normalized spacial score (nSPS) is 17.1. The number of likely N-dealkylation sites (N-methyl/N-ethyl adjacent to an activating group) is 1. The predicted molar refractivity (Wildman–Crippen MR) is 199 cm³/mol. The number of nitrogens with one attached hydrogen (secondary N) is 1. The van der Waals surface area contributed by atoms with Crippen molar-refractivity contribution in [2.75, 3.05) is 25.1 Å². The largest absolute Gasteiger partial charge is 0.494 e. The molecule has 3 aromatic carbocycles. The predicted octanol–water partition coefficient (Wildman–Crippen LogP) is 8.42. The van der Waals surface area contributed by atoms with Gasteiger partial charge in [0.1, 0.15) is 5.75 Å². The van der Waals surface area contributed by atoms with E-state index in [9.17, 15) is 14.4 Å². The number of benzene rings is 3. The summed E-state index contributed by atoms with van der Waals surface area (Å²) in [5.74, 6) is -0.0295. The average Bonchev–Trinajstić information content (AvgIpc) is 3.34. The van der Waals surface area contributed by atoms with Crippen LogP contribution in [-0.2, 0) is 22.6 Å². The number of carbonyl (C=O) groups is 3. The molecule has 50 heavy (non-hydrogen) atoms. The van der Waals surface area contributed by atoms with E-state index in [1.165, 1.54) is 47.5 Å². The molecule has 3 aliphatic rings. The zero-order chi connectivity index (χ0) is 35.0. The summed E-state index contributed by atoms with van der Waals surface area (Å²) in [5.41, 5.74) is 6.96. The van der Waals surface area contributed by atoms with Gasteiger partial charge in [-0.05, 0) is 98.0 Å². The second-order valence-electron chi connectivity index (χ2n) is 14.0. The van der Waals surface area contributed by atoms with Crippen LogP contribution in [0, 0.1) is 0 Å². The molecule has 4 aromatic rings. The van der Waals surface area contributed by atoms with Gasteiger partial charge >= 0.3 is 5.97 Å². The molecule has 9 heteroatoms. The number of nitrogens with zero attached hydrogens (tertiary/aromatic N) is 2. The van der Waals surface area contributed by atoms with Crippen LogP contribution in [0.3, 0.4) is 0 Å². The fourth-order valence-corrected chi connectivity index (χ4v) is 8.39. The molecule has 1 aromatic heterocycles. The van der Waals surface area contributed by atoms with Gasteiger partial charge in [-0.1, -0.05) is 49.1 Å². The Morgan fingerprint density at radius 2 is 1.80 bits per heavy atom. The summed E-state index contributed by atoms with van der Waals surface area (Å²) in [6.07, 6.45) is 10.7. The molecule has 0 atom stereocenters. The number of halogens is 1. The highest BCUT2D eigenvalue weighted by molar-refractivity contribution is 6.32. The molecular formula is C41H44ClN3O5. The van der Waals surface area contributed by atoms with Crippen LogP contribution in [0.1, 0.15) is 91.3 Å². The fraction of sp³-hybridized carbons (Fsp3) is 0.390. The molecule has 0 bridgehead atoms. The number of Topliss-reactive ketones (excluding diaryl/α,β-unsaturated/α-hetero) is 1. The Bertz CT molecular complexity index is 2000. The van der Waals surface area contributed by atoms with E-state index < -0.39 is 11.5 Å². The summed E-state index contributed by atoms with van der Waals surface area (Å²) in [4.78, 5) is 41.0. The second kappa shape index (κ2) is 14.0. The second-order valence-corrected chi connectivity index (χ2v) is 14.4. The molecular weight excluding hydrogens is 650 g/mol. The number of carboxylic acid groups (broad SMARTS) is 1. The summed E-state index contributed by atoms with van der Waals surface area (Å²) in [6.45, 7) is 4.22. The third-order valence-electron chi connectivity index (χ3n) is 10.9. The molecule has 0 radical (unpaired) electrons. The number of ketones is 1. The third kappa shape index (κ3) is 6.41. The lowest BCUT2D eigenvalue weighted by molar-refractivity contribution is -0.131. The minimum absolute atomic E-state index is 0.0507. The lowest BCUT2D eigenvalue weighted by Crippen LogP contribution is -2.59. The first-order valence-electron chi connectivity index (χ1n) is 17.9. The van der Waals surface area contributed by atoms with Crippen molar-refractivity contribution in [3.8, 4) is 17.0 Å². The molecule has 0 unspecified atom stereocenters. The first-order chi connectivity index (χ1) is 24.2. The van der Waals surface area contributed by atoms with E-state index in [4.69, 9.17) is 21.4 Å². The molecule has 0 spiro atoms. The van der Waals surface area contributed by atoms with Crippen molar-refractivity contribution < 1.29 is 24.2 Å². The van der Waals surface area contributed by atoms with Crippen molar-refractivity contribution >= 4 is 51.9 Å². The van der Waals surface area contributed by atoms with Crippen molar-refractivity contribution in [2.45, 2.75) is 82.7 Å². The zero-order valence-electron chi connectivity index (χ0n) is 28.8. The van der Waals surface area contributed by atoms with E-state index in [0.29, 0.717) is 41.5 Å². The number of amides is 1. The average molecular weight is 694 g/mol. The SMILES string of the molecule is CCOc1ccc2c(c1)N(C)CCn1c-2c(C2CCCCC2)c2ccc(C(=O)NC3(C(=O)Cc4ccc(/C=C/C(=O)O)c(Cl)c4)CCC3)cc21. The first-order valence-corrected chi connectivity index (χ1v) is 18.2. The van der Waals surface area contributed by atoms with Gasteiger partial charge in [0.2, 0.25) is 0 Å². The Kier molecular flexibility index (Phi) is 9.49. The van der Waals surface area contributed by atoms with Crippen molar-refractivity contribution in [3.63, 3.8) is 0 Å². The summed E-state index contributed by atoms with van der Waals surface area (Å²) < 4.78 is 8.32. The Hall–Kier alpha value is -4.56. The first kappa shape index (κ1) is 33.9. The van der Waals surface area contributed by atoms with Gasteiger partial charge < -0.3 is 24.6 Å². The van der Waals surface area contributed by atoms with Crippen molar-refractivity contribution in [1.29, 1.82) is 0 Å². The molecule has 260 valence electrons. The molecule has 7 rings (SSSR count). The van der Waals surface area contributed by atoms with Crippen LogP contribution in [0.2, 0.25) is 5.02 Å². The fourth-order valence-electron chi connectivity index (χ4n) is 8.12. The minimum Gasteiger partial charge on any atom is -0.494 e. The highest BCUT2D eigenvalue weighted by atomic mass is 35.5. The lowest BCUT2D eigenvalue weighted by Gasteiger charge is -2.41. The van der Waals surface area contributed by atoms with Crippen molar-refractivity contribution in [2.24, 2.45) is 0 Å². The zero-order valence-corrected chi connectivity index (χ0v) is 29.5. The molecule has 1 aliphatic heterocycles. The number of hydrogen-bond donors (Lipinski definition) is 2. The van der Waals surface area contributed by atoms with E-state index in [1.807, 2.05) is 19.1 Å². The van der Waals surface area contributed by atoms with Gasteiger partial charge in [-0.3, -0.25) is 9.59 Å². The molecule has 2 aliphatic carbocycles. The van der Waals surface area contributed by atoms with Crippen LogP contribution in [-0.4, -0.2) is 53.1 Å². The highest BCUT2D eigenvalue weighted by Crippen LogP contribution is 2.48. The number of hydrogen-bond acceptors (Lipinski definition) is 5. The molecule has 1 amide bonds. The number of ether oxygens (including phenoxy) is 1. The maximum absolute atomic E-state index is 14.0. The molecule has 2 saturated carbocycles. The number of carboxylic acids is 1. The number of aliphatic carboxylic acids is 1. The topological polar surface area (TPSA) is 101 Å². The van der Waals surface area contributed by atoms with Gasteiger partial charge in [-0.15, -0.1) is 0 Å². The Labute approximate surface area is 298 Å². The smallest absolute Gasteiger partial charge is 0.328 e. The lowest BCUT2D eigenvalue weighted by atomic mass is 9.72. The van der Waals surface area contributed by atoms with E-state index in [1.54, 1.807) is 18.2 Å². The van der Waals surface area contributed by atoms with E-state index in [-0.39, 0.29) is 18.1 Å². The van der Waals surface area contributed by atoms with Crippen LogP contribution < -0.4 is 15.0 Å². The molecule has 8 nitrogen and oxygen atoms in total. The number of anilines is 1. The van der Waals surface area contributed by atoms with Crippen molar-refractivity contribution in [1.82, 2.24) is 9.88 Å². The molecule has 2 N–H and O–H groups in total. The molecule has 2 heterocycles. The van der Waals surface area contributed by atoms with Gasteiger partial charge in [0.25, 0.3) is 5.91 Å².